The van der Waals surface area contributed by atoms with Crippen molar-refractivity contribution in [1.82, 2.24) is 25.0 Å². The van der Waals surface area contributed by atoms with E-state index in [1.807, 2.05) is 26.0 Å². The topological polar surface area (TPSA) is 97.0 Å². The van der Waals surface area contributed by atoms with Gasteiger partial charge >= 0.3 is 0 Å². The van der Waals surface area contributed by atoms with Gasteiger partial charge in [-0.05, 0) is 12.1 Å². The van der Waals surface area contributed by atoms with Crippen LogP contribution in [0.5, 0.6) is 0 Å². The van der Waals surface area contributed by atoms with Crippen LogP contribution >= 0.6 is 0 Å². The zero-order chi connectivity index (χ0) is 19.4. The SMILES string of the molecule is CNc1nccnc1-c1cccc(C(=O)N(C)Cc2noc(C(C)C)n2)c1. The first-order valence-electron chi connectivity index (χ1n) is 8.66. The van der Waals surface area contributed by atoms with E-state index in [-0.39, 0.29) is 18.4 Å². The highest BCUT2D eigenvalue weighted by Gasteiger charge is 2.17. The molecular weight excluding hydrogens is 344 g/mol. The van der Waals surface area contributed by atoms with Gasteiger partial charge < -0.3 is 14.7 Å². The minimum Gasteiger partial charge on any atom is -0.371 e. The second kappa shape index (κ2) is 7.94. The highest BCUT2D eigenvalue weighted by atomic mass is 16.5. The van der Waals surface area contributed by atoms with E-state index >= 15 is 0 Å². The van der Waals surface area contributed by atoms with Crippen LogP contribution < -0.4 is 5.32 Å². The van der Waals surface area contributed by atoms with Crippen LogP contribution in [-0.2, 0) is 6.54 Å². The number of nitrogens with zero attached hydrogens (tertiary/aromatic N) is 5. The summed E-state index contributed by atoms with van der Waals surface area (Å²) < 4.78 is 5.19. The highest BCUT2D eigenvalue weighted by Crippen LogP contribution is 2.24. The molecule has 1 N–H and O–H groups in total. The molecule has 0 saturated heterocycles. The van der Waals surface area contributed by atoms with Crippen molar-refractivity contribution in [2.75, 3.05) is 19.4 Å². The van der Waals surface area contributed by atoms with Crippen molar-refractivity contribution >= 4 is 11.7 Å². The maximum Gasteiger partial charge on any atom is 0.254 e. The van der Waals surface area contributed by atoms with E-state index in [1.54, 1.807) is 43.5 Å². The number of benzene rings is 1. The van der Waals surface area contributed by atoms with Crippen molar-refractivity contribution in [1.29, 1.82) is 0 Å². The molecule has 0 fully saturated rings. The quantitative estimate of drug-likeness (QED) is 0.716. The number of nitrogens with one attached hydrogen (secondary N) is 1. The summed E-state index contributed by atoms with van der Waals surface area (Å²) in [5, 5.41) is 6.95. The van der Waals surface area contributed by atoms with Gasteiger partial charge in [0.2, 0.25) is 5.89 Å². The second-order valence-electron chi connectivity index (χ2n) is 6.45. The fourth-order valence-corrected chi connectivity index (χ4v) is 2.60. The Bertz CT molecular complexity index is 937. The number of amides is 1. The number of carbonyl (C=O) groups excluding carboxylic acids is 1. The molecule has 1 amide bonds. The van der Waals surface area contributed by atoms with E-state index in [0.717, 1.165) is 5.56 Å². The Balaban J connectivity index is 1.80. The largest absolute Gasteiger partial charge is 0.371 e. The van der Waals surface area contributed by atoms with Crippen molar-refractivity contribution < 1.29 is 9.32 Å². The molecule has 0 atom stereocenters. The molecule has 0 unspecified atom stereocenters. The van der Waals surface area contributed by atoms with E-state index in [4.69, 9.17) is 4.52 Å². The van der Waals surface area contributed by atoms with Gasteiger partial charge in [0.1, 0.15) is 5.69 Å². The Morgan fingerprint density at radius 3 is 2.74 bits per heavy atom. The summed E-state index contributed by atoms with van der Waals surface area (Å²) in [4.78, 5) is 27.3. The van der Waals surface area contributed by atoms with Gasteiger partial charge in [0, 0.05) is 43.5 Å². The van der Waals surface area contributed by atoms with Crippen LogP contribution in [0.1, 0.15) is 41.8 Å². The Hall–Kier alpha value is -3.29. The number of carbonyl (C=O) groups is 1. The molecule has 0 saturated carbocycles. The van der Waals surface area contributed by atoms with E-state index in [1.165, 1.54) is 0 Å². The summed E-state index contributed by atoms with van der Waals surface area (Å²) in [6, 6.07) is 7.30. The van der Waals surface area contributed by atoms with E-state index in [2.05, 4.69) is 25.4 Å². The zero-order valence-corrected chi connectivity index (χ0v) is 15.8. The first-order valence-corrected chi connectivity index (χ1v) is 8.66. The lowest BCUT2D eigenvalue weighted by molar-refractivity contribution is 0.0780. The molecule has 3 rings (SSSR count). The normalized spacial score (nSPS) is 10.9. The van der Waals surface area contributed by atoms with E-state index < -0.39 is 0 Å². The van der Waals surface area contributed by atoms with Crippen molar-refractivity contribution in [3.63, 3.8) is 0 Å². The Morgan fingerprint density at radius 2 is 2.04 bits per heavy atom. The molecule has 8 heteroatoms. The van der Waals surface area contributed by atoms with Crippen LogP contribution in [0.4, 0.5) is 5.82 Å². The Labute approximate surface area is 157 Å². The van der Waals surface area contributed by atoms with Crippen molar-refractivity contribution in [3.05, 3.63) is 53.9 Å². The molecule has 0 aliphatic heterocycles. The number of aromatic nitrogens is 4. The standard InChI is InChI=1S/C19H22N6O2/c1-12(2)18-23-15(24-27-18)11-25(4)19(26)14-7-5-6-13(10-14)16-17(20-3)22-9-8-21-16/h5-10,12H,11H2,1-4H3,(H,20,22). The molecule has 140 valence electrons. The molecule has 0 radical (unpaired) electrons. The van der Waals surface area contributed by atoms with Crippen LogP contribution in [0.25, 0.3) is 11.3 Å². The zero-order valence-electron chi connectivity index (χ0n) is 15.8. The van der Waals surface area contributed by atoms with Crippen LogP contribution in [0.2, 0.25) is 0 Å². The molecule has 27 heavy (non-hydrogen) atoms. The number of rotatable bonds is 6. The summed E-state index contributed by atoms with van der Waals surface area (Å²) in [5.41, 5.74) is 2.06. The predicted molar refractivity (Wildman–Crippen MR) is 101 cm³/mol. The van der Waals surface area contributed by atoms with Gasteiger partial charge in [-0.3, -0.25) is 9.78 Å². The average Bonchev–Trinajstić information content (AvgIpc) is 3.16. The summed E-state index contributed by atoms with van der Waals surface area (Å²) in [7, 11) is 3.49. The molecule has 1 aromatic carbocycles. The molecule has 0 aliphatic carbocycles. The van der Waals surface area contributed by atoms with Gasteiger partial charge in [-0.2, -0.15) is 4.98 Å². The molecule has 0 aliphatic rings. The smallest absolute Gasteiger partial charge is 0.254 e. The van der Waals surface area contributed by atoms with Crippen molar-refractivity contribution in [2.24, 2.45) is 0 Å². The number of anilines is 1. The van der Waals surface area contributed by atoms with E-state index in [0.29, 0.717) is 28.8 Å². The molecule has 8 nitrogen and oxygen atoms in total. The van der Waals surface area contributed by atoms with Crippen molar-refractivity contribution in [2.45, 2.75) is 26.3 Å². The molecule has 2 heterocycles. The summed E-state index contributed by atoms with van der Waals surface area (Å²) in [6.07, 6.45) is 3.24. The van der Waals surface area contributed by atoms with E-state index in [9.17, 15) is 4.79 Å². The monoisotopic (exact) mass is 366 g/mol. The maximum absolute atomic E-state index is 12.8. The summed E-state index contributed by atoms with van der Waals surface area (Å²) in [6.45, 7) is 4.22. The third kappa shape index (κ3) is 4.11. The number of hydrogen-bond acceptors (Lipinski definition) is 7. The Morgan fingerprint density at radius 1 is 1.26 bits per heavy atom. The third-order valence-electron chi connectivity index (χ3n) is 4.02. The minimum absolute atomic E-state index is 0.136. The lowest BCUT2D eigenvalue weighted by atomic mass is 10.1. The average molecular weight is 366 g/mol. The fourth-order valence-electron chi connectivity index (χ4n) is 2.60. The number of hydrogen-bond donors (Lipinski definition) is 1. The van der Waals surface area contributed by atoms with Gasteiger partial charge in [0.05, 0.1) is 6.54 Å². The maximum atomic E-state index is 12.8. The summed E-state index contributed by atoms with van der Waals surface area (Å²) in [5.74, 6) is 1.72. The van der Waals surface area contributed by atoms with Gasteiger partial charge in [0.25, 0.3) is 5.91 Å². The van der Waals surface area contributed by atoms with Gasteiger partial charge in [0.15, 0.2) is 11.6 Å². The third-order valence-corrected chi connectivity index (χ3v) is 4.02. The first kappa shape index (κ1) is 18.5. The van der Waals surface area contributed by atoms with Crippen LogP contribution in [0, 0.1) is 0 Å². The molecule has 0 spiro atoms. The van der Waals surface area contributed by atoms with Gasteiger partial charge in [-0.15, -0.1) is 0 Å². The second-order valence-corrected chi connectivity index (χ2v) is 6.45. The summed E-state index contributed by atoms with van der Waals surface area (Å²) >= 11 is 0. The first-order chi connectivity index (χ1) is 13.0. The van der Waals surface area contributed by atoms with Gasteiger partial charge in [-0.1, -0.05) is 31.1 Å². The van der Waals surface area contributed by atoms with Crippen LogP contribution in [0.3, 0.4) is 0 Å². The lowest BCUT2D eigenvalue weighted by Crippen LogP contribution is -2.26. The highest BCUT2D eigenvalue weighted by molar-refractivity contribution is 5.95. The molecule has 0 bridgehead atoms. The minimum atomic E-state index is -0.136. The van der Waals surface area contributed by atoms with Crippen LogP contribution in [-0.4, -0.2) is 45.0 Å². The van der Waals surface area contributed by atoms with Crippen molar-refractivity contribution in [3.8, 4) is 11.3 Å². The van der Waals surface area contributed by atoms with Crippen LogP contribution in [0.15, 0.2) is 41.2 Å². The lowest BCUT2D eigenvalue weighted by Gasteiger charge is -2.16. The Kier molecular flexibility index (Phi) is 5.44. The fraction of sp³-hybridized carbons (Fsp3) is 0.316. The molecule has 2 aromatic heterocycles. The molecular formula is C19H22N6O2. The predicted octanol–water partition coefficient (Wildman–Crippen LogP) is 2.96. The van der Waals surface area contributed by atoms with Gasteiger partial charge in [-0.25, -0.2) is 4.98 Å². The molecule has 3 aromatic rings.